The average Bonchev–Trinajstić information content (AvgIpc) is 1.48. The molecule has 18 nitrogen and oxygen atoms in total. The van der Waals surface area contributed by atoms with Gasteiger partial charge in [-0.3, -0.25) is 19.2 Å². The van der Waals surface area contributed by atoms with Crippen LogP contribution < -0.4 is 15.4 Å². The van der Waals surface area contributed by atoms with Crippen molar-refractivity contribution >= 4 is 156 Å². The highest BCUT2D eigenvalue weighted by Crippen LogP contribution is 2.43. The third-order valence-electron chi connectivity index (χ3n) is 17.8. The molecule has 0 fully saturated rings. The fraction of sp³-hybridized carbons (Fsp3) is 0.213. The number of benzene rings is 8. The summed E-state index contributed by atoms with van der Waals surface area (Å²) in [5, 5.41) is 41.0. The van der Waals surface area contributed by atoms with Crippen molar-refractivity contribution in [1.29, 1.82) is 0 Å². The first-order chi connectivity index (χ1) is 48.6. The lowest BCUT2D eigenvalue weighted by atomic mass is 9.96. The molecule has 520 valence electrons. The number of fused-ring (bicyclic) bond motifs is 8. The summed E-state index contributed by atoms with van der Waals surface area (Å²) >= 11 is 49.0. The number of aromatic hydroxyl groups is 3. The van der Waals surface area contributed by atoms with E-state index in [0.717, 1.165) is 122 Å². The summed E-state index contributed by atoms with van der Waals surface area (Å²) in [4.78, 5) is 70.7. The standard InChI is InChI=1S/C19H13Cl2NO4.C19H15Cl2NO2.C18H13Cl2NO3.C9H9Cl2NO.C9H11NO.CO2/c20-15-7-13-9-22(5-3-14(13)17(21)18(15)26-10-23)19(24)12-2-1-11-4-6-25-16(11)8-12;1-11-16(20)8-14-10-22(6-4-15(14)18(11)21)19(23)13-3-2-12-5-7-24-17(12)9-13;19-14-7-12-9-21(5-3-13(12)16(20)17(14)22)18(23)11-2-1-10-4-6-24-15(10)8-11;10-7-3-5-4-12-2-1-6(5)8(11)9(7)13;11-9-2-1-8-6-10-4-3-7(8)5-9;2-1-3/h1-2,4,6-8,10H,3,5,9H2;2-3,5,7-9H,4,6,10H2,1H3;1-2,4,6-8,22H,3,5,9H2;3,12-13H,1-2,4H2;1-2,5,10-11H,3-4,6H2;. The second-order valence-electron chi connectivity index (χ2n) is 23.9. The van der Waals surface area contributed by atoms with E-state index in [2.05, 4.69) is 10.6 Å². The number of ether oxygens (including phenoxy) is 1. The zero-order valence-electron chi connectivity index (χ0n) is 53.7. The molecule has 0 saturated heterocycles. The SMILES string of the molecule is Cc1c(Cl)cc2c(c1Cl)CCN(C(=O)c1ccc3ccoc3c1)C2.O=C(c1ccc2ccoc2c1)N1CCc2c(cc(Cl)c(O)c2Cl)C1.O=C=O.O=COc1c(Cl)cc2c(c1Cl)CCN(C(=O)c1ccc3ccoc3c1)C2.Oc1c(Cl)cc2c(c1Cl)CCNC2.Oc1ccc2c(c1)CCNC2. The molecule has 26 heteroatoms. The molecule has 101 heavy (non-hydrogen) atoms. The Morgan fingerprint density at radius 2 is 0.851 bits per heavy atom. The third-order valence-corrected chi connectivity index (χ3v) is 20.8. The second kappa shape index (κ2) is 32.9. The Balaban J connectivity index is 0.000000130. The highest BCUT2D eigenvalue weighted by molar-refractivity contribution is 6.39. The predicted molar refractivity (Wildman–Crippen MR) is 389 cm³/mol. The van der Waals surface area contributed by atoms with Gasteiger partial charge < -0.3 is 58.6 Å². The van der Waals surface area contributed by atoms with Crippen LogP contribution in [-0.4, -0.2) is 93.1 Å². The Labute approximate surface area is 618 Å². The number of halogens is 8. The van der Waals surface area contributed by atoms with Crippen LogP contribution in [0, 0.1) is 6.92 Å². The van der Waals surface area contributed by atoms with Crippen molar-refractivity contribution < 1.29 is 62.1 Å². The molecule has 0 bridgehead atoms. The number of phenolic OH excluding ortho intramolecular Hbond substituents is 3. The molecule has 0 atom stereocenters. The molecule has 5 N–H and O–H groups in total. The fourth-order valence-corrected chi connectivity index (χ4v) is 15.0. The van der Waals surface area contributed by atoms with Gasteiger partial charge in [0.2, 0.25) is 0 Å². The zero-order chi connectivity index (χ0) is 71.8. The highest BCUT2D eigenvalue weighted by atomic mass is 35.5. The van der Waals surface area contributed by atoms with Crippen LogP contribution in [0.15, 0.2) is 147 Å². The largest absolute Gasteiger partial charge is 0.508 e. The van der Waals surface area contributed by atoms with E-state index in [4.69, 9.17) is 125 Å². The Kier molecular flexibility index (Phi) is 24.0. The van der Waals surface area contributed by atoms with Crippen molar-refractivity contribution in [3.63, 3.8) is 0 Å². The van der Waals surface area contributed by atoms with Gasteiger partial charge in [-0.25, -0.2) is 0 Å². The number of rotatable bonds is 5. The minimum absolute atomic E-state index is 0.00369. The molecule has 5 aliphatic rings. The summed E-state index contributed by atoms with van der Waals surface area (Å²) < 4.78 is 21.0. The van der Waals surface area contributed by atoms with Crippen molar-refractivity contribution in [3.8, 4) is 23.0 Å². The molecule has 16 rings (SSSR count). The monoisotopic (exact) mass is 1520 g/mol. The van der Waals surface area contributed by atoms with Crippen molar-refractivity contribution in [1.82, 2.24) is 25.3 Å². The van der Waals surface area contributed by atoms with Crippen LogP contribution in [0.5, 0.6) is 23.0 Å². The van der Waals surface area contributed by atoms with Gasteiger partial charge in [0.15, 0.2) is 17.2 Å². The summed E-state index contributed by atoms with van der Waals surface area (Å²) in [6.45, 7) is 8.83. The normalized spacial score (nSPS) is 14.0. The van der Waals surface area contributed by atoms with Gasteiger partial charge in [-0.1, -0.05) is 117 Å². The molecule has 0 aliphatic carbocycles. The summed E-state index contributed by atoms with van der Waals surface area (Å²) in [6, 6.07) is 34.6. The van der Waals surface area contributed by atoms with E-state index in [0.29, 0.717) is 112 Å². The van der Waals surface area contributed by atoms with Crippen LogP contribution in [0.3, 0.4) is 0 Å². The first kappa shape index (κ1) is 73.5. The van der Waals surface area contributed by atoms with Gasteiger partial charge in [-0.15, -0.1) is 0 Å². The van der Waals surface area contributed by atoms with Crippen molar-refractivity contribution in [2.75, 3.05) is 32.7 Å². The van der Waals surface area contributed by atoms with Crippen LogP contribution in [0.1, 0.15) is 92.3 Å². The first-order valence-electron chi connectivity index (χ1n) is 31.6. The molecule has 8 aromatic carbocycles. The van der Waals surface area contributed by atoms with E-state index >= 15 is 0 Å². The second-order valence-corrected chi connectivity index (χ2v) is 27.1. The lowest BCUT2D eigenvalue weighted by Gasteiger charge is -2.30. The molecule has 0 unspecified atom stereocenters. The third kappa shape index (κ3) is 16.6. The van der Waals surface area contributed by atoms with Gasteiger partial charge >= 0.3 is 6.15 Å². The number of hydrogen-bond acceptors (Lipinski definition) is 15. The number of phenols is 3. The Morgan fingerprint density at radius 3 is 1.32 bits per heavy atom. The van der Waals surface area contributed by atoms with Gasteiger partial charge in [-0.2, -0.15) is 9.59 Å². The van der Waals surface area contributed by atoms with Gasteiger partial charge in [0, 0.05) is 95.3 Å². The first-order valence-corrected chi connectivity index (χ1v) is 34.6. The van der Waals surface area contributed by atoms with E-state index < -0.39 is 0 Å². The van der Waals surface area contributed by atoms with Crippen LogP contribution >= 0.6 is 92.8 Å². The maximum Gasteiger partial charge on any atom is 0.373 e. The molecule has 0 radical (unpaired) electrons. The molecule has 11 aromatic rings. The summed E-state index contributed by atoms with van der Waals surface area (Å²) in [5.74, 6) is 0.278. The Hall–Kier alpha value is -8.72. The van der Waals surface area contributed by atoms with E-state index in [-0.39, 0.29) is 56.2 Å². The number of furan rings is 3. The number of nitrogens with one attached hydrogen (secondary N) is 2. The lowest BCUT2D eigenvalue weighted by molar-refractivity contribution is -0.191. The molecule has 8 heterocycles. The van der Waals surface area contributed by atoms with E-state index in [1.54, 1.807) is 83.2 Å². The van der Waals surface area contributed by atoms with Crippen LogP contribution in [0.4, 0.5) is 0 Å². The molecule has 0 spiro atoms. The molecule has 3 aromatic heterocycles. The summed E-state index contributed by atoms with van der Waals surface area (Å²) in [5.41, 5.74) is 15.0. The minimum Gasteiger partial charge on any atom is -0.508 e. The van der Waals surface area contributed by atoms with Crippen LogP contribution in [-0.2, 0) is 79.2 Å². The van der Waals surface area contributed by atoms with Gasteiger partial charge in [-0.05, 0) is 204 Å². The van der Waals surface area contributed by atoms with Crippen molar-refractivity contribution in [3.05, 3.63) is 252 Å². The summed E-state index contributed by atoms with van der Waals surface area (Å²) in [7, 11) is 0. The van der Waals surface area contributed by atoms with E-state index in [1.165, 1.54) is 11.1 Å². The predicted octanol–water partition coefficient (Wildman–Crippen LogP) is 17.2. The molecular formula is C75H61Cl8N5O13. The quantitative estimate of drug-likeness (QED) is 0.101. The van der Waals surface area contributed by atoms with Gasteiger partial charge in [0.1, 0.15) is 22.5 Å². The Morgan fingerprint density at radius 1 is 0.455 bits per heavy atom. The Bertz CT molecular complexity index is 4870. The van der Waals surface area contributed by atoms with Crippen molar-refractivity contribution in [2.24, 2.45) is 0 Å². The zero-order valence-corrected chi connectivity index (χ0v) is 59.7. The van der Waals surface area contributed by atoms with Gasteiger partial charge in [0.25, 0.3) is 24.2 Å². The van der Waals surface area contributed by atoms with Crippen LogP contribution in [0.2, 0.25) is 40.2 Å². The molecule has 5 aliphatic heterocycles. The average molecular weight is 1520 g/mol. The van der Waals surface area contributed by atoms with E-state index in [9.17, 15) is 29.4 Å². The van der Waals surface area contributed by atoms with E-state index in [1.807, 2.05) is 72.5 Å². The molecular weight excluding hydrogens is 1460 g/mol. The minimum atomic E-state index is -0.0971. The van der Waals surface area contributed by atoms with Gasteiger partial charge in [0.05, 0.1) is 48.9 Å². The van der Waals surface area contributed by atoms with Crippen molar-refractivity contribution in [2.45, 2.75) is 71.8 Å². The smallest absolute Gasteiger partial charge is 0.373 e. The number of nitrogens with zero attached hydrogens (tertiary/aromatic N) is 3. The topological polar surface area (TPSA) is 246 Å². The number of carbonyl (C=O) groups excluding carboxylic acids is 6. The summed E-state index contributed by atoms with van der Waals surface area (Å²) in [6.07, 6.45) is 8.82. The lowest BCUT2D eigenvalue weighted by Crippen LogP contribution is -2.36. The molecule has 0 saturated carbocycles. The van der Waals surface area contributed by atoms with Crippen LogP contribution in [0.25, 0.3) is 32.9 Å². The maximum absolute atomic E-state index is 12.9. The number of hydrogen-bond donors (Lipinski definition) is 5. The molecule has 3 amide bonds. The highest BCUT2D eigenvalue weighted by Gasteiger charge is 2.30. The maximum atomic E-state index is 12.9. The fourth-order valence-electron chi connectivity index (χ4n) is 12.5. The number of carbonyl (C=O) groups is 4. The number of amides is 3.